The smallest absolute Gasteiger partial charge is 0.229 e. The molecule has 0 aliphatic rings. The van der Waals surface area contributed by atoms with Crippen LogP contribution in [0.15, 0.2) is 78.9 Å². The minimum atomic E-state index is -0.703. The van der Waals surface area contributed by atoms with E-state index in [0.717, 1.165) is 0 Å². The van der Waals surface area contributed by atoms with Gasteiger partial charge < -0.3 is 5.73 Å². The van der Waals surface area contributed by atoms with Crippen molar-refractivity contribution < 1.29 is 18.0 Å². The minimum absolute atomic E-state index is 0.178. The molecule has 0 fully saturated rings. The first-order valence-electron chi connectivity index (χ1n) is 7.48. The maximum absolute atomic E-state index is 12.8. The lowest BCUT2D eigenvalue weighted by atomic mass is 9.91. The normalized spacial score (nSPS) is 10.1. The summed E-state index contributed by atoms with van der Waals surface area (Å²) < 4.78 is 37.6. The Balaban J connectivity index is 0.000000269. The van der Waals surface area contributed by atoms with Gasteiger partial charge in [0.05, 0.1) is 5.92 Å². The van der Waals surface area contributed by atoms with E-state index in [2.05, 4.69) is 0 Å². The van der Waals surface area contributed by atoms with Crippen LogP contribution in [0.5, 0.6) is 0 Å². The molecule has 0 radical (unpaired) electrons. The predicted octanol–water partition coefficient (Wildman–Crippen LogP) is 4.41. The molecule has 0 heterocycles. The summed E-state index contributed by atoms with van der Waals surface area (Å²) in [6, 6.07) is 18.9. The standard InChI is InChI=1S/C14H11F2NO.C6H5F/c15-11-5-1-9(2-6-11)13(14(17)18)10-3-7-12(16)8-4-10;7-6-4-2-1-3-5-6/h1-8,13H,(H2,17,18);1-5H. The number of hydrogen-bond acceptors (Lipinski definition) is 1. The summed E-state index contributed by atoms with van der Waals surface area (Å²) in [6.07, 6.45) is 0. The monoisotopic (exact) mass is 343 g/mol. The second-order valence-electron chi connectivity index (χ2n) is 5.23. The van der Waals surface area contributed by atoms with Gasteiger partial charge in [0.25, 0.3) is 0 Å². The fourth-order valence-corrected chi connectivity index (χ4v) is 2.25. The van der Waals surface area contributed by atoms with Crippen molar-refractivity contribution in [1.82, 2.24) is 0 Å². The number of nitrogens with two attached hydrogens (primary N) is 1. The highest BCUT2D eigenvalue weighted by Crippen LogP contribution is 2.24. The minimum Gasteiger partial charge on any atom is -0.369 e. The first-order chi connectivity index (χ1) is 12.0. The van der Waals surface area contributed by atoms with Crippen LogP contribution < -0.4 is 5.73 Å². The fourth-order valence-electron chi connectivity index (χ4n) is 2.25. The van der Waals surface area contributed by atoms with Crippen molar-refractivity contribution in [3.05, 3.63) is 107 Å². The Morgan fingerprint density at radius 3 is 1.28 bits per heavy atom. The van der Waals surface area contributed by atoms with Gasteiger partial charge in [-0.2, -0.15) is 0 Å². The average molecular weight is 343 g/mol. The Kier molecular flexibility index (Phi) is 6.34. The molecule has 0 bridgehead atoms. The molecule has 0 spiro atoms. The molecule has 1 amide bonds. The summed E-state index contributed by atoms with van der Waals surface area (Å²) in [7, 11) is 0. The molecule has 0 atom stereocenters. The molecule has 3 aromatic rings. The van der Waals surface area contributed by atoms with Gasteiger partial charge in [-0.1, -0.05) is 42.5 Å². The van der Waals surface area contributed by atoms with E-state index < -0.39 is 11.8 Å². The summed E-state index contributed by atoms with van der Waals surface area (Å²) >= 11 is 0. The van der Waals surface area contributed by atoms with Crippen molar-refractivity contribution in [2.75, 3.05) is 0 Å². The maximum Gasteiger partial charge on any atom is 0.229 e. The molecule has 0 aliphatic carbocycles. The number of rotatable bonds is 3. The molecule has 5 heteroatoms. The molecule has 2 N–H and O–H groups in total. The van der Waals surface area contributed by atoms with Crippen molar-refractivity contribution >= 4 is 5.91 Å². The zero-order valence-corrected chi connectivity index (χ0v) is 13.2. The van der Waals surface area contributed by atoms with Gasteiger partial charge in [0, 0.05) is 0 Å². The van der Waals surface area contributed by atoms with Gasteiger partial charge >= 0.3 is 0 Å². The molecule has 0 saturated heterocycles. The van der Waals surface area contributed by atoms with Gasteiger partial charge in [0.15, 0.2) is 0 Å². The number of carbonyl (C=O) groups excluding carboxylic acids is 1. The lowest BCUT2D eigenvalue weighted by molar-refractivity contribution is -0.118. The van der Waals surface area contributed by atoms with Crippen LogP contribution in [0.4, 0.5) is 13.2 Å². The second-order valence-corrected chi connectivity index (χ2v) is 5.23. The average Bonchev–Trinajstić information content (AvgIpc) is 2.60. The van der Waals surface area contributed by atoms with E-state index in [0.29, 0.717) is 11.1 Å². The first-order valence-corrected chi connectivity index (χ1v) is 7.48. The number of amides is 1. The van der Waals surface area contributed by atoms with E-state index in [1.54, 1.807) is 18.2 Å². The summed E-state index contributed by atoms with van der Waals surface area (Å²) in [5, 5.41) is 0. The highest BCUT2D eigenvalue weighted by molar-refractivity contribution is 5.85. The lowest BCUT2D eigenvalue weighted by Crippen LogP contribution is -2.22. The number of benzene rings is 3. The van der Waals surface area contributed by atoms with Gasteiger partial charge in [-0.25, -0.2) is 13.2 Å². The number of primary amides is 1. The summed E-state index contributed by atoms with van der Waals surface area (Å²) in [6.45, 7) is 0. The van der Waals surface area contributed by atoms with Gasteiger partial charge in [-0.15, -0.1) is 0 Å². The molecule has 25 heavy (non-hydrogen) atoms. The van der Waals surface area contributed by atoms with Crippen LogP contribution in [0.3, 0.4) is 0 Å². The van der Waals surface area contributed by atoms with Crippen LogP contribution in [0.1, 0.15) is 17.0 Å². The molecular weight excluding hydrogens is 327 g/mol. The van der Waals surface area contributed by atoms with E-state index in [-0.39, 0.29) is 17.5 Å². The van der Waals surface area contributed by atoms with Crippen LogP contribution in [-0.4, -0.2) is 5.91 Å². The maximum atomic E-state index is 12.8. The fraction of sp³-hybridized carbons (Fsp3) is 0.0500. The van der Waals surface area contributed by atoms with Gasteiger partial charge in [-0.05, 0) is 47.5 Å². The van der Waals surface area contributed by atoms with Crippen molar-refractivity contribution in [1.29, 1.82) is 0 Å². The number of halogens is 3. The van der Waals surface area contributed by atoms with Crippen LogP contribution in [-0.2, 0) is 4.79 Å². The van der Waals surface area contributed by atoms with E-state index in [9.17, 15) is 18.0 Å². The van der Waals surface area contributed by atoms with Crippen molar-refractivity contribution in [3.63, 3.8) is 0 Å². The van der Waals surface area contributed by atoms with E-state index in [1.807, 2.05) is 0 Å². The molecule has 0 aromatic heterocycles. The molecule has 0 aliphatic heterocycles. The van der Waals surface area contributed by atoms with Crippen molar-refractivity contribution in [3.8, 4) is 0 Å². The largest absolute Gasteiger partial charge is 0.369 e. The summed E-state index contributed by atoms with van der Waals surface area (Å²) in [4.78, 5) is 11.5. The van der Waals surface area contributed by atoms with E-state index >= 15 is 0 Å². The Morgan fingerprint density at radius 2 is 1.00 bits per heavy atom. The van der Waals surface area contributed by atoms with Crippen LogP contribution in [0.25, 0.3) is 0 Å². The van der Waals surface area contributed by atoms with Gasteiger partial charge in [-0.3, -0.25) is 4.79 Å². The molecule has 128 valence electrons. The van der Waals surface area contributed by atoms with Gasteiger partial charge in [0.1, 0.15) is 17.5 Å². The zero-order valence-electron chi connectivity index (χ0n) is 13.2. The Morgan fingerprint density at radius 1 is 0.640 bits per heavy atom. The Hall–Kier alpha value is -3.08. The third-order valence-electron chi connectivity index (χ3n) is 3.42. The van der Waals surface area contributed by atoms with Crippen LogP contribution >= 0.6 is 0 Å². The molecular formula is C20H16F3NO. The predicted molar refractivity (Wildman–Crippen MR) is 90.2 cm³/mol. The van der Waals surface area contributed by atoms with E-state index in [4.69, 9.17) is 5.73 Å². The Bertz CT molecular complexity index is 757. The molecule has 2 nitrogen and oxygen atoms in total. The number of carbonyl (C=O) groups is 1. The summed E-state index contributed by atoms with van der Waals surface area (Å²) in [5.74, 6) is -2.22. The zero-order chi connectivity index (χ0) is 18.2. The lowest BCUT2D eigenvalue weighted by Gasteiger charge is -2.14. The quantitative estimate of drug-likeness (QED) is 0.752. The second kappa shape index (κ2) is 8.68. The SMILES string of the molecule is Fc1ccccc1.NC(=O)C(c1ccc(F)cc1)c1ccc(F)cc1. The molecule has 3 rings (SSSR count). The van der Waals surface area contributed by atoms with E-state index in [1.165, 1.54) is 60.7 Å². The summed E-state index contributed by atoms with van der Waals surface area (Å²) in [5.41, 5.74) is 6.51. The molecule has 3 aromatic carbocycles. The topological polar surface area (TPSA) is 43.1 Å². The van der Waals surface area contributed by atoms with Crippen LogP contribution in [0.2, 0.25) is 0 Å². The molecule has 0 saturated carbocycles. The van der Waals surface area contributed by atoms with Crippen molar-refractivity contribution in [2.24, 2.45) is 5.73 Å². The molecule has 0 unspecified atom stereocenters. The first kappa shape index (κ1) is 18.3. The third-order valence-corrected chi connectivity index (χ3v) is 3.42. The third kappa shape index (κ3) is 5.49. The number of hydrogen-bond donors (Lipinski definition) is 1. The highest BCUT2D eigenvalue weighted by Gasteiger charge is 2.20. The Labute approximate surface area is 143 Å². The van der Waals surface area contributed by atoms with Crippen LogP contribution in [0, 0.1) is 17.5 Å². The highest BCUT2D eigenvalue weighted by atomic mass is 19.1. The van der Waals surface area contributed by atoms with Gasteiger partial charge in [0.2, 0.25) is 5.91 Å². The van der Waals surface area contributed by atoms with Crippen molar-refractivity contribution in [2.45, 2.75) is 5.92 Å².